The summed E-state index contributed by atoms with van der Waals surface area (Å²) >= 11 is 0. The van der Waals surface area contributed by atoms with E-state index in [0.29, 0.717) is 30.5 Å². The molecule has 2 N–H and O–H groups in total. The first-order valence-electron chi connectivity index (χ1n) is 12.3. The van der Waals surface area contributed by atoms with Crippen molar-refractivity contribution in [2.75, 3.05) is 6.54 Å². The molecule has 4 rings (SSSR count). The van der Waals surface area contributed by atoms with Crippen LogP contribution in [0.1, 0.15) is 66.2 Å². The summed E-state index contributed by atoms with van der Waals surface area (Å²) in [5, 5.41) is 8.00. The maximum atomic E-state index is 12.5. The maximum Gasteiger partial charge on any atom is 0.251 e. The second kappa shape index (κ2) is 11.6. The predicted molar refractivity (Wildman–Crippen MR) is 137 cm³/mol. The van der Waals surface area contributed by atoms with Gasteiger partial charge in [-0.05, 0) is 79.3 Å². The van der Waals surface area contributed by atoms with Crippen molar-refractivity contribution >= 4 is 28.4 Å². The molecule has 2 amide bonds. The molecular weight excluding hydrogens is 440 g/mol. The molecule has 0 bridgehead atoms. The Morgan fingerprint density at radius 3 is 2.26 bits per heavy atom. The zero-order chi connectivity index (χ0) is 24.6. The monoisotopic (exact) mass is 472 g/mol. The number of hydrogen-bond donors (Lipinski definition) is 2. The van der Waals surface area contributed by atoms with Crippen molar-refractivity contribution < 1.29 is 19.1 Å². The molecule has 3 aromatic rings. The zero-order valence-corrected chi connectivity index (χ0v) is 20.1. The van der Waals surface area contributed by atoms with Crippen LogP contribution in [0.2, 0.25) is 0 Å². The first-order valence-corrected chi connectivity index (χ1v) is 12.3. The molecule has 0 heterocycles. The molecule has 1 aliphatic carbocycles. The summed E-state index contributed by atoms with van der Waals surface area (Å²) in [6.07, 6.45) is 4.70. The Morgan fingerprint density at radius 2 is 1.54 bits per heavy atom. The highest BCUT2D eigenvalue weighted by Crippen LogP contribution is 2.24. The number of carbonyl (C=O) groups excluding carboxylic acids is 3. The van der Waals surface area contributed by atoms with Crippen molar-refractivity contribution in [3.05, 3.63) is 77.9 Å². The fourth-order valence-electron chi connectivity index (χ4n) is 4.55. The van der Waals surface area contributed by atoms with Crippen molar-refractivity contribution in [2.45, 2.75) is 57.6 Å². The van der Waals surface area contributed by atoms with Crippen LogP contribution >= 0.6 is 0 Å². The van der Waals surface area contributed by atoms with Crippen molar-refractivity contribution in [1.29, 1.82) is 0 Å². The van der Waals surface area contributed by atoms with Gasteiger partial charge >= 0.3 is 0 Å². The van der Waals surface area contributed by atoms with Crippen LogP contribution in [0.25, 0.3) is 10.8 Å². The van der Waals surface area contributed by atoms with Gasteiger partial charge in [-0.3, -0.25) is 14.4 Å². The molecule has 0 atom stereocenters. The highest BCUT2D eigenvalue weighted by Gasteiger charge is 2.23. The van der Waals surface area contributed by atoms with E-state index in [0.717, 1.165) is 42.2 Å². The molecule has 3 aromatic carbocycles. The average molecular weight is 473 g/mol. The third-order valence-corrected chi connectivity index (χ3v) is 6.44. The highest BCUT2D eigenvalue weighted by atomic mass is 16.5. The Bertz CT molecular complexity index is 1180. The fourth-order valence-corrected chi connectivity index (χ4v) is 4.55. The summed E-state index contributed by atoms with van der Waals surface area (Å²) in [6.45, 7) is 1.99. The Hall–Kier alpha value is -3.67. The second-order valence-corrected chi connectivity index (χ2v) is 9.16. The van der Waals surface area contributed by atoms with E-state index in [1.165, 1.54) is 0 Å². The van der Waals surface area contributed by atoms with Gasteiger partial charge in [0.1, 0.15) is 5.75 Å². The minimum Gasteiger partial charge on any atom is -0.490 e. The number of amides is 2. The highest BCUT2D eigenvalue weighted by molar-refractivity contribution is 5.99. The first-order chi connectivity index (χ1) is 17.0. The molecule has 35 heavy (non-hydrogen) atoms. The third kappa shape index (κ3) is 6.92. The summed E-state index contributed by atoms with van der Waals surface area (Å²) in [4.78, 5) is 36.2. The van der Waals surface area contributed by atoms with Gasteiger partial charge in [0.05, 0.1) is 6.10 Å². The van der Waals surface area contributed by atoms with Gasteiger partial charge in [-0.2, -0.15) is 0 Å². The predicted octanol–water partition coefficient (Wildman–Crippen LogP) is 5.06. The van der Waals surface area contributed by atoms with Gasteiger partial charge in [0.2, 0.25) is 5.91 Å². The van der Waals surface area contributed by atoms with Crippen LogP contribution in [-0.2, 0) is 4.79 Å². The minimum absolute atomic E-state index is 0.0157. The number of nitrogens with one attached hydrogen (secondary N) is 2. The molecule has 6 heteroatoms. The average Bonchev–Trinajstić information content (AvgIpc) is 2.87. The number of ketones is 1. The minimum atomic E-state index is -0.129. The molecule has 0 aliphatic heterocycles. The van der Waals surface area contributed by atoms with Gasteiger partial charge in [-0.25, -0.2) is 0 Å². The van der Waals surface area contributed by atoms with Crippen LogP contribution in [0.5, 0.6) is 5.75 Å². The third-order valence-electron chi connectivity index (χ3n) is 6.44. The Labute approximate surface area is 206 Å². The van der Waals surface area contributed by atoms with Gasteiger partial charge in [-0.15, -0.1) is 0 Å². The lowest BCUT2D eigenvalue weighted by Gasteiger charge is -2.29. The van der Waals surface area contributed by atoms with Gasteiger partial charge in [-0.1, -0.05) is 30.3 Å². The van der Waals surface area contributed by atoms with Gasteiger partial charge < -0.3 is 15.4 Å². The van der Waals surface area contributed by atoms with Crippen LogP contribution in [0.3, 0.4) is 0 Å². The number of ether oxygens (including phenoxy) is 1. The molecule has 0 saturated heterocycles. The lowest BCUT2D eigenvalue weighted by atomic mass is 9.93. The zero-order valence-electron chi connectivity index (χ0n) is 20.1. The number of hydrogen-bond acceptors (Lipinski definition) is 4. The van der Waals surface area contributed by atoms with E-state index in [9.17, 15) is 14.4 Å². The maximum absolute atomic E-state index is 12.5. The Morgan fingerprint density at radius 1 is 0.857 bits per heavy atom. The normalized spacial score (nSPS) is 17.5. The Balaban J connectivity index is 1.18. The van der Waals surface area contributed by atoms with Crippen molar-refractivity contribution in [1.82, 2.24) is 10.6 Å². The first kappa shape index (κ1) is 24.5. The van der Waals surface area contributed by atoms with E-state index in [2.05, 4.69) is 10.6 Å². The smallest absolute Gasteiger partial charge is 0.251 e. The molecule has 1 aliphatic rings. The molecule has 182 valence electrons. The van der Waals surface area contributed by atoms with Crippen molar-refractivity contribution in [3.63, 3.8) is 0 Å². The van der Waals surface area contributed by atoms with E-state index >= 15 is 0 Å². The number of benzene rings is 3. The lowest BCUT2D eigenvalue weighted by Crippen LogP contribution is -2.38. The van der Waals surface area contributed by atoms with Crippen molar-refractivity contribution in [2.24, 2.45) is 0 Å². The molecular formula is C29H32N2O4. The van der Waals surface area contributed by atoms with Crippen LogP contribution in [0.15, 0.2) is 66.7 Å². The van der Waals surface area contributed by atoms with Crippen LogP contribution in [0.4, 0.5) is 0 Å². The topological polar surface area (TPSA) is 84.5 Å². The van der Waals surface area contributed by atoms with E-state index in [1.54, 1.807) is 19.1 Å². The molecule has 6 nitrogen and oxygen atoms in total. The summed E-state index contributed by atoms with van der Waals surface area (Å²) in [5.41, 5.74) is 1.27. The van der Waals surface area contributed by atoms with E-state index in [-0.39, 0.29) is 29.7 Å². The van der Waals surface area contributed by atoms with E-state index < -0.39 is 0 Å². The van der Waals surface area contributed by atoms with Gasteiger partial charge in [0.25, 0.3) is 5.91 Å². The quantitative estimate of drug-likeness (QED) is 0.337. The largest absolute Gasteiger partial charge is 0.490 e. The molecule has 1 saturated carbocycles. The number of rotatable bonds is 9. The van der Waals surface area contributed by atoms with Crippen LogP contribution in [-0.4, -0.2) is 36.3 Å². The van der Waals surface area contributed by atoms with Crippen LogP contribution < -0.4 is 15.4 Å². The van der Waals surface area contributed by atoms with Gasteiger partial charge in [0.15, 0.2) is 5.78 Å². The molecule has 0 aromatic heterocycles. The summed E-state index contributed by atoms with van der Waals surface area (Å²) in [7, 11) is 0. The van der Waals surface area contributed by atoms with E-state index in [4.69, 9.17) is 4.74 Å². The summed E-state index contributed by atoms with van der Waals surface area (Å²) in [5.74, 6) is 0.692. The molecule has 0 unspecified atom stereocenters. The fraction of sp³-hybridized carbons (Fsp3) is 0.345. The standard InChI is InChI=1S/C29H32N2O4/c1-20(32)31-25-12-16-27(17-13-25)35-26-14-10-22(11-15-26)28(33)7-4-18-30-29(34)24-9-8-21-5-2-3-6-23(21)19-24/h2-3,5-6,8-11,14-15,19,25,27H,4,7,12-13,16-18H2,1H3,(H,30,34)(H,31,32). The number of Topliss-reactive ketones (excluding diaryl/α,β-unsaturated/α-hetero) is 1. The SMILES string of the molecule is CC(=O)NC1CCC(Oc2ccc(C(=O)CCCNC(=O)c3ccc4ccccc4c3)cc2)CC1. The molecule has 0 spiro atoms. The lowest BCUT2D eigenvalue weighted by molar-refractivity contribution is -0.120. The number of fused-ring (bicyclic) bond motifs is 1. The van der Waals surface area contributed by atoms with Gasteiger partial charge in [0, 0.05) is 37.1 Å². The summed E-state index contributed by atoms with van der Waals surface area (Å²) < 4.78 is 6.07. The molecule has 1 fully saturated rings. The van der Waals surface area contributed by atoms with E-state index in [1.807, 2.05) is 54.6 Å². The second-order valence-electron chi connectivity index (χ2n) is 9.16. The summed E-state index contributed by atoms with van der Waals surface area (Å²) in [6, 6.07) is 21.1. The number of carbonyl (C=O) groups is 3. The molecule has 0 radical (unpaired) electrons. The van der Waals surface area contributed by atoms with Crippen molar-refractivity contribution in [3.8, 4) is 5.75 Å². The van der Waals surface area contributed by atoms with Crippen LogP contribution in [0, 0.1) is 0 Å². The Kier molecular flexibility index (Phi) is 8.14.